The van der Waals surface area contributed by atoms with Crippen LogP contribution in [0.1, 0.15) is 72.6 Å². The maximum absolute atomic E-state index is 13.6. The highest BCUT2D eigenvalue weighted by atomic mass is 19.1. The van der Waals surface area contributed by atoms with Crippen molar-refractivity contribution < 1.29 is 28.6 Å². The summed E-state index contributed by atoms with van der Waals surface area (Å²) in [7, 11) is 0. The van der Waals surface area contributed by atoms with Gasteiger partial charge in [0.25, 0.3) is 5.91 Å². The van der Waals surface area contributed by atoms with Crippen molar-refractivity contribution in [3.63, 3.8) is 0 Å². The number of nitrogens with one attached hydrogen (secondary N) is 1. The summed E-state index contributed by atoms with van der Waals surface area (Å²) in [4.78, 5) is 30.2. The van der Waals surface area contributed by atoms with E-state index in [0.717, 1.165) is 37.0 Å². The minimum absolute atomic E-state index is 0.0135. The van der Waals surface area contributed by atoms with Gasteiger partial charge in [0, 0.05) is 16.7 Å². The van der Waals surface area contributed by atoms with E-state index < -0.39 is 22.7 Å². The number of pyridine rings is 1. The van der Waals surface area contributed by atoms with Crippen molar-refractivity contribution in [3.05, 3.63) is 76.7 Å². The van der Waals surface area contributed by atoms with E-state index in [1.54, 1.807) is 31.2 Å². The van der Waals surface area contributed by atoms with Gasteiger partial charge in [-0.1, -0.05) is 0 Å². The Kier molecular flexibility index (Phi) is 6.29. The molecule has 2 saturated carbocycles. The summed E-state index contributed by atoms with van der Waals surface area (Å²) in [6.45, 7) is 3.08. The van der Waals surface area contributed by atoms with Gasteiger partial charge in [-0.15, -0.1) is 0 Å². The van der Waals surface area contributed by atoms with Gasteiger partial charge in [-0.05, 0) is 99.5 Å². The Balaban J connectivity index is 1.28. The monoisotopic (exact) mass is 545 g/mol. The van der Waals surface area contributed by atoms with Crippen LogP contribution in [-0.2, 0) is 15.8 Å². The molecule has 2 aliphatic carbocycles. The average Bonchev–Trinajstić information content (AvgIpc) is 3.87. The van der Waals surface area contributed by atoms with Gasteiger partial charge in [-0.2, -0.15) is 0 Å². The van der Waals surface area contributed by atoms with Crippen LogP contribution in [0.2, 0.25) is 0 Å². The lowest BCUT2D eigenvalue weighted by molar-refractivity contribution is -0.123. The van der Waals surface area contributed by atoms with E-state index in [-0.39, 0.29) is 30.9 Å². The second kappa shape index (κ2) is 9.59. The van der Waals surface area contributed by atoms with Crippen LogP contribution in [-0.4, -0.2) is 41.2 Å². The molecule has 3 aliphatic rings. The largest absolute Gasteiger partial charge is 0.490 e. The van der Waals surface area contributed by atoms with E-state index >= 15 is 0 Å². The molecule has 1 aromatic heterocycles. The summed E-state index contributed by atoms with van der Waals surface area (Å²) >= 11 is 0. The molecule has 1 aliphatic heterocycles. The highest BCUT2D eigenvalue weighted by Crippen LogP contribution is 2.47. The zero-order chi connectivity index (χ0) is 28.2. The van der Waals surface area contributed by atoms with Crippen LogP contribution in [0.4, 0.5) is 4.39 Å². The lowest BCUT2D eigenvalue weighted by atomic mass is 9.82. The Hall–Kier alpha value is -3.98. The minimum Gasteiger partial charge on any atom is -0.490 e. The summed E-state index contributed by atoms with van der Waals surface area (Å²) in [5, 5.41) is 14.4. The number of ether oxygens (including phenoxy) is 2. The fraction of sp³-hybridized carbons (Fsp3) is 0.387. The summed E-state index contributed by atoms with van der Waals surface area (Å²) in [5.74, 6) is 0.298. The number of halogens is 1. The quantitative estimate of drug-likeness (QED) is 0.372. The number of nitrogens with zero attached hydrogens (tertiary/aromatic N) is 1. The molecule has 0 bridgehead atoms. The lowest BCUT2D eigenvalue weighted by Gasteiger charge is -2.26. The fourth-order valence-electron chi connectivity index (χ4n) is 4.99. The van der Waals surface area contributed by atoms with Crippen LogP contribution in [0.15, 0.2) is 48.5 Å². The first-order chi connectivity index (χ1) is 19.0. The highest BCUT2D eigenvalue weighted by Gasteiger charge is 2.45. The van der Waals surface area contributed by atoms with Gasteiger partial charge in [-0.25, -0.2) is 9.37 Å². The first kappa shape index (κ1) is 26.3. The molecular weight excluding hydrogens is 513 g/mol. The van der Waals surface area contributed by atoms with Crippen LogP contribution in [0.25, 0.3) is 11.3 Å². The number of nitrogens with two attached hydrogens (primary N) is 1. The number of carbonyl (C=O) groups excluding carboxylic acids is 2. The SMILES string of the molecule is C[C@](O)(CNC(=O)c1ccc(OC2CC2)c(C2CC2)c1)c1cc2c(c(-c3ccc(F)cc3)n1)OC[C@]2(C)C(N)=O. The molecule has 2 heterocycles. The number of amides is 2. The molecule has 0 unspecified atom stereocenters. The molecule has 9 heteroatoms. The summed E-state index contributed by atoms with van der Waals surface area (Å²) in [6.07, 6.45) is 4.55. The van der Waals surface area contributed by atoms with E-state index in [4.69, 9.17) is 15.2 Å². The molecule has 2 amide bonds. The van der Waals surface area contributed by atoms with E-state index in [1.165, 1.54) is 19.1 Å². The predicted octanol–water partition coefficient (Wildman–Crippen LogP) is 4.08. The summed E-state index contributed by atoms with van der Waals surface area (Å²) in [5.41, 5.74) is 6.12. The number of fused-ring (bicyclic) bond motifs is 1. The molecule has 40 heavy (non-hydrogen) atoms. The zero-order valence-corrected chi connectivity index (χ0v) is 22.5. The summed E-state index contributed by atoms with van der Waals surface area (Å²) in [6, 6.07) is 12.8. The van der Waals surface area contributed by atoms with Crippen molar-refractivity contribution in [1.29, 1.82) is 0 Å². The van der Waals surface area contributed by atoms with Gasteiger partial charge in [-0.3, -0.25) is 9.59 Å². The van der Waals surface area contributed by atoms with Gasteiger partial charge in [0.05, 0.1) is 18.3 Å². The molecular formula is C31H32FN3O5. The molecule has 6 rings (SSSR count). The van der Waals surface area contributed by atoms with Crippen molar-refractivity contribution in [2.24, 2.45) is 5.73 Å². The Bertz CT molecular complexity index is 1500. The number of aromatic nitrogens is 1. The van der Waals surface area contributed by atoms with E-state index in [0.29, 0.717) is 34.1 Å². The normalized spacial score (nSPS) is 21.2. The molecule has 2 aromatic carbocycles. The molecule has 8 nitrogen and oxygen atoms in total. The number of carbonyl (C=O) groups is 2. The third-order valence-corrected chi connectivity index (χ3v) is 7.99. The maximum atomic E-state index is 13.6. The fourth-order valence-corrected chi connectivity index (χ4v) is 4.99. The van der Waals surface area contributed by atoms with Crippen LogP contribution in [0.3, 0.4) is 0 Å². The van der Waals surface area contributed by atoms with Crippen molar-refractivity contribution >= 4 is 11.8 Å². The zero-order valence-electron chi connectivity index (χ0n) is 22.5. The Morgan fingerprint density at radius 2 is 1.90 bits per heavy atom. The van der Waals surface area contributed by atoms with E-state index in [2.05, 4.69) is 10.3 Å². The van der Waals surface area contributed by atoms with Gasteiger partial charge < -0.3 is 25.6 Å². The maximum Gasteiger partial charge on any atom is 0.251 e. The highest BCUT2D eigenvalue weighted by molar-refractivity contribution is 5.94. The van der Waals surface area contributed by atoms with Gasteiger partial charge in [0.1, 0.15) is 40.6 Å². The first-order valence-corrected chi connectivity index (χ1v) is 13.6. The van der Waals surface area contributed by atoms with Gasteiger partial charge >= 0.3 is 0 Å². The Morgan fingerprint density at radius 3 is 2.55 bits per heavy atom. The van der Waals surface area contributed by atoms with Gasteiger partial charge in [0.2, 0.25) is 5.91 Å². The second-order valence-electron chi connectivity index (χ2n) is 11.5. The standard InChI is InChI=1S/C31H32FN3O5/c1-30(29(33)37)16-39-27-23(30)14-25(35-26(27)18-5-8-20(32)9-6-18)31(2,38)15-34-28(36)19-7-12-24(40-21-10-11-21)22(13-19)17-3-4-17/h5-9,12-14,17,21,38H,3-4,10-11,15-16H2,1-2H3,(H2,33,37)(H,34,36)/t30-,31-/m0/s1. The topological polar surface area (TPSA) is 124 Å². The number of benzene rings is 2. The second-order valence-corrected chi connectivity index (χ2v) is 11.5. The van der Waals surface area contributed by atoms with Crippen LogP contribution < -0.4 is 20.5 Å². The lowest BCUT2D eigenvalue weighted by Crippen LogP contribution is -2.41. The third-order valence-electron chi connectivity index (χ3n) is 7.99. The molecule has 2 fully saturated rings. The molecule has 0 radical (unpaired) electrons. The smallest absolute Gasteiger partial charge is 0.251 e. The number of rotatable bonds is 9. The Labute approximate surface area is 231 Å². The van der Waals surface area contributed by atoms with E-state index in [9.17, 15) is 19.1 Å². The number of hydrogen-bond donors (Lipinski definition) is 3. The summed E-state index contributed by atoms with van der Waals surface area (Å²) < 4.78 is 25.6. The molecule has 2 atom stereocenters. The van der Waals surface area contributed by atoms with Gasteiger partial charge in [0.15, 0.2) is 0 Å². The van der Waals surface area contributed by atoms with Crippen LogP contribution in [0.5, 0.6) is 11.5 Å². The molecule has 3 aromatic rings. The predicted molar refractivity (Wildman–Crippen MR) is 146 cm³/mol. The van der Waals surface area contributed by atoms with Crippen molar-refractivity contribution in [2.45, 2.75) is 62.6 Å². The molecule has 0 saturated heterocycles. The molecule has 4 N–H and O–H groups in total. The molecule has 208 valence electrons. The molecule has 0 spiro atoms. The van der Waals surface area contributed by atoms with Crippen molar-refractivity contribution in [1.82, 2.24) is 10.3 Å². The number of hydrogen-bond acceptors (Lipinski definition) is 6. The van der Waals surface area contributed by atoms with Crippen molar-refractivity contribution in [3.8, 4) is 22.8 Å². The minimum atomic E-state index is -1.62. The van der Waals surface area contributed by atoms with E-state index in [1.807, 2.05) is 12.1 Å². The Morgan fingerprint density at radius 1 is 1.18 bits per heavy atom. The van der Waals surface area contributed by atoms with Crippen LogP contribution in [0, 0.1) is 5.82 Å². The average molecular weight is 546 g/mol. The third kappa shape index (κ3) is 4.90. The first-order valence-electron chi connectivity index (χ1n) is 13.6. The van der Waals surface area contributed by atoms with Crippen molar-refractivity contribution in [2.75, 3.05) is 13.2 Å². The van der Waals surface area contributed by atoms with Crippen LogP contribution >= 0.6 is 0 Å². The number of aliphatic hydroxyl groups is 1. The number of primary amides is 1.